The number of rotatable bonds is 6. The maximum absolute atomic E-state index is 12.6. The highest BCUT2D eigenvalue weighted by atomic mass is 16.5. The molecule has 1 unspecified atom stereocenters. The summed E-state index contributed by atoms with van der Waals surface area (Å²) in [5, 5.41) is 0. The lowest BCUT2D eigenvalue weighted by molar-refractivity contribution is -0.147. The normalized spacial score (nSPS) is 15.6. The first-order valence-electron chi connectivity index (χ1n) is 9.61. The number of fused-ring (bicyclic) bond motifs is 1. The molecule has 0 aliphatic carbocycles. The summed E-state index contributed by atoms with van der Waals surface area (Å²) in [6.07, 6.45) is 1.84. The van der Waals surface area contributed by atoms with E-state index in [9.17, 15) is 14.4 Å². The molecule has 0 radical (unpaired) electrons. The van der Waals surface area contributed by atoms with Crippen LogP contribution in [0.25, 0.3) is 0 Å². The number of para-hydroxylation sites is 1. The molecule has 1 amide bonds. The average Bonchev–Trinajstić information content (AvgIpc) is 2.70. The molecule has 146 valence electrons. The molecule has 3 rings (SSSR count). The second-order valence-corrected chi connectivity index (χ2v) is 7.23. The predicted molar refractivity (Wildman–Crippen MR) is 107 cm³/mol. The number of benzene rings is 2. The molecule has 2 aromatic rings. The number of hydrogen-bond donors (Lipinski definition) is 0. The van der Waals surface area contributed by atoms with Crippen molar-refractivity contribution in [3.05, 3.63) is 65.2 Å². The number of ketones is 1. The smallest absolute Gasteiger partial charge is 0.306 e. The quantitative estimate of drug-likeness (QED) is 0.565. The third kappa shape index (κ3) is 4.66. The summed E-state index contributed by atoms with van der Waals surface area (Å²) >= 11 is 0. The van der Waals surface area contributed by atoms with E-state index in [4.69, 9.17) is 4.74 Å². The zero-order valence-corrected chi connectivity index (χ0v) is 16.3. The number of esters is 1. The van der Waals surface area contributed by atoms with E-state index in [0.29, 0.717) is 5.56 Å². The molecule has 0 N–H and O–H groups in total. The van der Waals surface area contributed by atoms with Crippen molar-refractivity contribution in [3.8, 4) is 0 Å². The summed E-state index contributed by atoms with van der Waals surface area (Å²) in [5.74, 6) is -0.883. The van der Waals surface area contributed by atoms with Crippen molar-refractivity contribution < 1.29 is 19.1 Å². The number of hydrogen-bond acceptors (Lipinski definition) is 4. The predicted octanol–water partition coefficient (Wildman–Crippen LogP) is 3.87. The molecule has 5 nitrogen and oxygen atoms in total. The molecule has 1 aliphatic heterocycles. The fraction of sp³-hybridized carbons (Fsp3) is 0.348. The maximum Gasteiger partial charge on any atom is 0.306 e. The second-order valence-electron chi connectivity index (χ2n) is 7.23. The van der Waals surface area contributed by atoms with Gasteiger partial charge in [0.1, 0.15) is 0 Å². The van der Waals surface area contributed by atoms with Crippen molar-refractivity contribution in [3.63, 3.8) is 0 Å². The third-order valence-corrected chi connectivity index (χ3v) is 5.08. The minimum absolute atomic E-state index is 0.0356. The monoisotopic (exact) mass is 379 g/mol. The first-order valence-corrected chi connectivity index (χ1v) is 9.61. The summed E-state index contributed by atoms with van der Waals surface area (Å²) < 4.78 is 5.14. The van der Waals surface area contributed by atoms with Crippen molar-refractivity contribution in [2.75, 3.05) is 11.5 Å². The summed E-state index contributed by atoms with van der Waals surface area (Å²) in [5.41, 5.74) is 3.66. The number of amides is 1. The van der Waals surface area contributed by atoms with Gasteiger partial charge in [-0.15, -0.1) is 0 Å². The fourth-order valence-electron chi connectivity index (χ4n) is 3.45. The lowest BCUT2D eigenvalue weighted by atomic mass is 9.96. The zero-order chi connectivity index (χ0) is 20.1. The molecule has 1 aliphatic rings. The van der Waals surface area contributed by atoms with Gasteiger partial charge < -0.3 is 9.64 Å². The van der Waals surface area contributed by atoms with E-state index in [0.717, 1.165) is 29.7 Å². The van der Waals surface area contributed by atoms with Crippen molar-refractivity contribution in [1.82, 2.24) is 0 Å². The Kier molecular flexibility index (Phi) is 6.24. The van der Waals surface area contributed by atoms with Gasteiger partial charge >= 0.3 is 5.97 Å². The maximum atomic E-state index is 12.6. The van der Waals surface area contributed by atoms with E-state index in [1.807, 2.05) is 50.2 Å². The van der Waals surface area contributed by atoms with Gasteiger partial charge in [-0.3, -0.25) is 14.4 Å². The SMILES string of the molecule is Cc1ccc(C(=O)CCC(=O)OCC(=O)N2c3ccccc3CCC2C)cc1. The van der Waals surface area contributed by atoms with E-state index >= 15 is 0 Å². The van der Waals surface area contributed by atoms with E-state index in [-0.39, 0.29) is 37.2 Å². The largest absolute Gasteiger partial charge is 0.456 e. The number of aryl methyl sites for hydroxylation is 2. The summed E-state index contributed by atoms with van der Waals surface area (Å²) in [6, 6.07) is 15.1. The minimum Gasteiger partial charge on any atom is -0.456 e. The summed E-state index contributed by atoms with van der Waals surface area (Å²) in [4.78, 5) is 38.5. The molecular weight excluding hydrogens is 354 g/mol. The van der Waals surface area contributed by atoms with Crippen molar-refractivity contribution in [2.24, 2.45) is 0 Å². The van der Waals surface area contributed by atoms with Gasteiger partial charge in [0.2, 0.25) is 0 Å². The molecule has 5 heteroatoms. The van der Waals surface area contributed by atoms with Crippen LogP contribution in [-0.2, 0) is 20.7 Å². The van der Waals surface area contributed by atoms with Crippen LogP contribution in [0.2, 0.25) is 0 Å². The third-order valence-electron chi connectivity index (χ3n) is 5.08. The molecule has 0 bridgehead atoms. The van der Waals surface area contributed by atoms with Gasteiger partial charge in [-0.05, 0) is 38.3 Å². The van der Waals surface area contributed by atoms with E-state index in [1.165, 1.54) is 0 Å². The Morgan fingerprint density at radius 1 is 1.04 bits per heavy atom. The molecule has 0 spiro atoms. The first kappa shape index (κ1) is 19.8. The fourth-order valence-corrected chi connectivity index (χ4v) is 3.45. The molecule has 0 aromatic heterocycles. The van der Waals surface area contributed by atoms with Gasteiger partial charge in [-0.25, -0.2) is 0 Å². The van der Waals surface area contributed by atoms with Crippen LogP contribution < -0.4 is 4.90 Å². The highest BCUT2D eigenvalue weighted by Gasteiger charge is 2.28. The Bertz CT molecular complexity index is 872. The van der Waals surface area contributed by atoms with E-state index < -0.39 is 5.97 Å². The van der Waals surface area contributed by atoms with Crippen LogP contribution in [0.1, 0.15) is 47.7 Å². The number of ether oxygens (including phenoxy) is 1. The molecule has 1 atom stereocenters. The van der Waals surface area contributed by atoms with Crippen LogP contribution in [-0.4, -0.2) is 30.3 Å². The van der Waals surface area contributed by atoms with Gasteiger partial charge in [0.05, 0.1) is 6.42 Å². The van der Waals surface area contributed by atoms with Crippen LogP contribution in [0, 0.1) is 6.92 Å². The lowest BCUT2D eigenvalue weighted by Gasteiger charge is -2.35. The molecule has 2 aromatic carbocycles. The number of carbonyl (C=O) groups is 3. The van der Waals surface area contributed by atoms with Gasteiger partial charge in [-0.1, -0.05) is 48.0 Å². The summed E-state index contributed by atoms with van der Waals surface area (Å²) in [7, 11) is 0. The Morgan fingerprint density at radius 2 is 1.75 bits per heavy atom. The van der Waals surface area contributed by atoms with Crippen molar-refractivity contribution in [1.29, 1.82) is 0 Å². The van der Waals surface area contributed by atoms with Gasteiger partial charge in [0.25, 0.3) is 5.91 Å². The highest BCUT2D eigenvalue weighted by molar-refractivity contribution is 5.98. The van der Waals surface area contributed by atoms with Crippen LogP contribution in [0.4, 0.5) is 5.69 Å². The molecule has 0 fully saturated rings. The first-order chi connectivity index (χ1) is 13.5. The average molecular weight is 379 g/mol. The highest BCUT2D eigenvalue weighted by Crippen LogP contribution is 2.30. The van der Waals surface area contributed by atoms with Gasteiger partial charge in [0.15, 0.2) is 12.4 Å². The number of anilines is 1. The number of carbonyl (C=O) groups excluding carboxylic acids is 3. The number of Topliss-reactive ketones (excluding diaryl/α,β-unsaturated/α-hetero) is 1. The van der Waals surface area contributed by atoms with E-state index in [1.54, 1.807) is 17.0 Å². The van der Waals surface area contributed by atoms with Crippen LogP contribution in [0.3, 0.4) is 0 Å². The van der Waals surface area contributed by atoms with Gasteiger partial charge in [-0.2, -0.15) is 0 Å². The molecule has 1 heterocycles. The Morgan fingerprint density at radius 3 is 2.50 bits per heavy atom. The van der Waals surface area contributed by atoms with Crippen molar-refractivity contribution in [2.45, 2.75) is 45.6 Å². The Balaban J connectivity index is 1.51. The zero-order valence-electron chi connectivity index (χ0n) is 16.3. The van der Waals surface area contributed by atoms with E-state index in [2.05, 4.69) is 0 Å². The van der Waals surface area contributed by atoms with Crippen LogP contribution in [0.5, 0.6) is 0 Å². The number of nitrogens with zero attached hydrogens (tertiary/aromatic N) is 1. The lowest BCUT2D eigenvalue weighted by Crippen LogP contribution is -2.44. The Labute approximate surface area is 165 Å². The molecule has 28 heavy (non-hydrogen) atoms. The minimum atomic E-state index is -0.535. The molecule has 0 saturated heterocycles. The Hall–Kier alpha value is -2.95. The summed E-state index contributed by atoms with van der Waals surface area (Å²) in [6.45, 7) is 3.64. The van der Waals surface area contributed by atoms with Gasteiger partial charge in [0, 0.05) is 23.7 Å². The molecule has 0 saturated carbocycles. The van der Waals surface area contributed by atoms with Crippen LogP contribution in [0.15, 0.2) is 48.5 Å². The van der Waals surface area contributed by atoms with Crippen LogP contribution >= 0.6 is 0 Å². The second kappa shape index (κ2) is 8.83. The van der Waals surface area contributed by atoms with Crippen molar-refractivity contribution >= 4 is 23.3 Å². The standard InChI is InChI=1S/C23H25NO4/c1-16-7-10-19(11-8-16)21(25)13-14-23(27)28-15-22(26)24-17(2)9-12-18-5-3-4-6-20(18)24/h3-8,10-11,17H,9,12-15H2,1-2H3. The molecular formula is C23H25NO4. The topological polar surface area (TPSA) is 63.7 Å².